The van der Waals surface area contributed by atoms with E-state index in [-0.39, 0.29) is 4.83 Å². The molecule has 2 rings (SSSR count). The van der Waals surface area contributed by atoms with Crippen LogP contribution in [-0.4, -0.2) is 0 Å². The molecule has 0 fully saturated rings. The quantitative estimate of drug-likeness (QED) is 0.553. The van der Waals surface area contributed by atoms with Crippen molar-refractivity contribution < 1.29 is 0 Å². The summed E-state index contributed by atoms with van der Waals surface area (Å²) < 4.78 is 0. The van der Waals surface area contributed by atoms with E-state index in [0.29, 0.717) is 10.0 Å². The molecule has 0 heterocycles. The highest BCUT2D eigenvalue weighted by molar-refractivity contribution is 9.09. The third kappa shape index (κ3) is 3.53. The lowest BCUT2D eigenvalue weighted by Gasteiger charge is -2.14. The van der Waals surface area contributed by atoms with E-state index >= 15 is 0 Å². The van der Waals surface area contributed by atoms with Crippen LogP contribution in [0.2, 0.25) is 10.0 Å². The summed E-state index contributed by atoms with van der Waals surface area (Å²) in [5.74, 6) is 0. The number of rotatable bonds is 4. The van der Waals surface area contributed by atoms with Crippen molar-refractivity contribution in [1.82, 2.24) is 0 Å². The molecule has 19 heavy (non-hydrogen) atoms. The number of hydrogen-bond acceptors (Lipinski definition) is 0. The molecule has 0 N–H and O–H groups in total. The lowest BCUT2D eigenvalue weighted by molar-refractivity contribution is 0.920. The predicted molar refractivity (Wildman–Crippen MR) is 87.7 cm³/mol. The molecule has 0 aliphatic heterocycles. The molecule has 2 aromatic rings. The van der Waals surface area contributed by atoms with Crippen molar-refractivity contribution in [2.45, 2.75) is 24.6 Å². The van der Waals surface area contributed by atoms with Gasteiger partial charge in [-0.15, -0.1) is 0 Å². The number of aryl methyl sites for hydroxylation is 1. The summed E-state index contributed by atoms with van der Waals surface area (Å²) in [6.45, 7) is 2.19. The van der Waals surface area contributed by atoms with Crippen LogP contribution in [0.3, 0.4) is 0 Å². The number of benzene rings is 2. The third-order valence-electron chi connectivity index (χ3n) is 3.07. The van der Waals surface area contributed by atoms with E-state index in [9.17, 15) is 0 Å². The first-order valence-corrected chi connectivity index (χ1v) is 7.97. The topological polar surface area (TPSA) is 0 Å². The van der Waals surface area contributed by atoms with Gasteiger partial charge in [0.2, 0.25) is 0 Å². The minimum Gasteiger partial charge on any atom is -0.0827 e. The first-order valence-electron chi connectivity index (χ1n) is 6.30. The fraction of sp³-hybridized carbons (Fsp3) is 0.250. The van der Waals surface area contributed by atoms with Crippen molar-refractivity contribution in [2.24, 2.45) is 0 Å². The second kappa shape index (κ2) is 6.78. The Morgan fingerprint density at radius 1 is 1.05 bits per heavy atom. The van der Waals surface area contributed by atoms with Gasteiger partial charge >= 0.3 is 0 Å². The summed E-state index contributed by atoms with van der Waals surface area (Å²) >= 11 is 16.0. The highest BCUT2D eigenvalue weighted by Gasteiger charge is 2.15. The highest BCUT2D eigenvalue weighted by Crippen LogP contribution is 2.38. The summed E-state index contributed by atoms with van der Waals surface area (Å²) in [6.07, 6.45) is 2.28. The van der Waals surface area contributed by atoms with E-state index in [0.717, 1.165) is 18.4 Å². The van der Waals surface area contributed by atoms with Gasteiger partial charge in [0.1, 0.15) is 0 Å². The van der Waals surface area contributed by atoms with Crippen LogP contribution in [0.5, 0.6) is 0 Å². The van der Waals surface area contributed by atoms with E-state index in [1.807, 2.05) is 12.1 Å². The summed E-state index contributed by atoms with van der Waals surface area (Å²) in [6, 6.07) is 14.3. The van der Waals surface area contributed by atoms with Gasteiger partial charge in [0.15, 0.2) is 0 Å². The van der Waals surface area contributed by atoms with Crippen LogP contribution in [0, 0.1) is 0 Å². The molecule has 0 radical (unpaired) electrons. The molecule has 0 aliphatic carbocycles. The fourth-order valence-corrected chi connectivity index (χ4v) is 3.27. The SMILES string of the molecule is CCCc1ccc(C(Br)c2cccc(Cl)c2Cl)cc1. The average Bonchev–Trinajstić information content (AvgIpc) is 2.42. The smallest absolute Gasteiger partial charge is 0.0659 e. The van der Waals surface area contributed by atoms with Crippen molar-refractivity contribution >= 4 is 39.1 Å². The molecular formula is C16H15BrCl2. The molecule has 0 spiro atoms. The maximum absolute atomic E-state index is 6.26. The van der Waals surface area contributed by atoms with Crippen LogP contribution in [0.25, 0.3) is 0 Å². The van der Waals surface area contributed by atoms with Crippen molar-refractivity contribution in [3.05, 3.63) is 69.2 Å². The third-order valence-corrected chi connectivity index (χ3v) is 4.92. The van der Waals surface area contributed by atoms with Crippen molar-refractivity contribution in [2.75, 3.05) is 0 Å². The van der Waals surface area contributed by atoms with Gasteiger partial charge in [-0.1, -0.05) is 88.9 Å². The minimum atomic E-state index is 0.0642. The second-order valence-corrected chi connectivity index (χ2v) is 6.20. The van der Waals surface area contributed by atoms with Crippen LogP contribution in [0.4, 0.5) is 0 Å². The van der Waals surface area contributed by atoms with E-state index in [2.05, 4.69) is 47.1 Å². The second-order valence-electron chi connectivity index (χ2n) is 4.50. The molecule has 0 saturated carbocycles. The monoisotopic (exact) mass is 356 g/mol. The van der Waals surface area contributed by atoms with E-state index in [4.69, 9.17) is 23.2 Å². The summed E-state index contributed by atoms with van der Waals surface area (Å²) in [5.41, 5.74) is 3.55. The van der Waals surface area contributed by atoms with Crippen LogP contribution in [0.15, 0.2) is 42.5 Å². The molecule has 0 amide bonds. The van der Waals surface area contributed by atoms with E-state index < -0.39 is 0 Å². The molecule has 0 aromatic heterocycles. The Bertz CT molecular complexity index is 549. The Morgan fingerprint density at radius 3 is 2.37 bits per heavy atom. The van der Waals surface area contributed by atoms with Crippen molar-refractivity contribution in [3.8, 4) is 0 Å². The summed E-state index contributed by atoms with van der Waals surface area (Å²) in [5, 5.41) is 1.20. The predicted octanol–water partition coefficient (Wildman–Crippen LogP) is 6.43. The van der Waals surface area contributed by atoms with Gasteiger partial charge in [-0.05, 0) is 29.2 Å². The van der Waals surface area contributed by atoms with E-state index in [1.54, 1.807) is 6.07 Å². The van der Waals surface area contributed by atoms with Crippen molar-refractivity contribution in [1.29, 1.82) is 0 Å². The molecule has 0 aliphatic rings. The first kappa shape index (κ1) is 14.9. The van der Waals surface area contributed by atoms with Gasteiger partial charge in [-0.25, -0.2) is 0 Å². The molecule has 1 atom stereocenters. The molecule has 1 unspecified atom stereocenters. The molecule has 2 aromatic carbocycles. The first-order chi connectivity index (χ1) is 9.13. The summed E-state index contributed by atoms with van der Waals surface area (Å²) in [4.78, 5) is 0.0642. The zero-order valence-electron chi connectivity index (χ0n) is 10.7. The molecule has 0 saturated heterocycles. The highest BCUT2D eigenvalue weighted by atomic mass is 79.9. The van der Waals surface area contributed by atoms with Gasteiger partial charge in [0.25, 0.3) is 0 Å². The number of halogens is 3. The Balaban J connectivity index is 2.28. The summed E-state index contributed by atoms with van der Waals surface area (Å²) in [7, 11) is 0. The zero-order chi connectivity index (χ0) is 13.8. The number of alkyl halides is 1. The lowest BCUT2D eigenvalue weighted by atomic mass is 10.0. The van der Waals surface area contributed by atoms with Crippen molar-refractivity contribution in [3.63, 3.8) is 0 Å². The molecular weight excluding hydrogens is 343 g/mol. The molecule has 0 nitrogen and oxygen atoms in total. The molecule has 0 bridgehead atoms. The van der Waals surface area contributed by atoms with Crippen LogP contribution < -0.4 is 0 Å². The zero-order valence-corrected chi connectivity index (χ0v) is 13.8. The maximum Gasteiger partial charge on any atom is 0.0659 e. The normalized spacial score (nSPS) is 12.4. The number of hydrogen-bond donors (Lipinski definition) is 0. The van der Waals surface area contributed by atoms with Crippen LogP contribution in [0.1, 0.15) is 34.9 Å². The van der Waals surface area contributed by atoms with Gasteiger partial charge in [-0.2, -0.15) is 0 Å². The Kier molecular flexibility index (Phi) is 5.32. The Labute approximate surface area is 132 Å². The van der Waals surface area contributed by atoms with Crippen LogP contribution in [-0.2, 0) is 6.42 Å². The lowest BCUT2D eigenvalue weighted by Crippen LogP contribution is -1.95. The Morgan fingerprint density at radius 2 is 1.74 bits per heavy atom. The van der Waals surface area contributed by atoms with E-state index in [1.165, 1.54) is 11.1 Å². The van der Waals surface area contributed by atoms with Gasteiger partial charge < -0.3 is 0 Å². The standard InChI is InChI=1S/C16H15BrCl2/c1-2-4-11-7-9-12(10-8-11)15(17)13-5-3-6-14(18)16(13)19/h3,5-10,15H,2,4H2,1H3. The largest absolute Gasteiger partial charge is 0.0827 e. The molecule has 3 heteroatoms. The van der Waals surface area contributed by atoms with Crippen LogP contribution >= 0.6 is 39.1 Å². The minimum absolute atomic E-state index is 0.0642. The Hall–Kier alpha value is -0.500. The van der Waals surface area contributed by atoms with Gasteiger partial charge in [-0.3, -0.25) is 0 Å². The maximum atomic E-state index is 6.26. The fourth-order valence-electron chi connectivity index (χ4n) is 2.04. The van der Waals surface area contributed by atoms with Gasteiger partial charge in [0, 0.05) is 0 Å². The van der Waals surface area contributed by atoms with Gasteiger partial charge in [0.05, 0.1) is 14.9 Å². The average molecular weight is 358 g/mol. The molecule has 100 valence electrons.